The first kappa shape index (κ1) is 14.5. The van der Waals surface area contributed by atoms with Crippen LogP contribution in [0.15, 0.2) is 11.2 Å². The highest BCUT2D eigenvalue weighted by Crippen LogP contribution is 2.19. The van der Waals surface area contributed by atoms with Crippen LogP contribution in [0.5, 0.6) is 0 Å². The van der Waals surface area contributed by atoms with Gasteiger partial charge < -0.3 is 9.88 Å². The van der Waals surface area contributed by atoms with Crippen LogP contribution in [0.1, 0.15) is 25.1 Å². The summed E-state index contributed by atoms with van der Waals surface area (Å²) in [6, 6.07) is 0. The number of imidazole rings is 1. The van der Waals surface area contributed by atoms with E-state index in [9.17, 15) is 8.42 Å². The number of sulfonamides is 1. The highest BCUT2D eigenvalue weighted by molar-refractivity contribution is 7.89. The number of rotatable bonds is 5. The van der Waals surface area contributed by atoms with Crippen LogP contribution in [0.2, 0.25) is 0 Å². The van der Waals surface area contributed by atoms with Crippen LogP contribution in [-0.2, 0) is 10.0 Å². The second-order valence-corrected chi connectivity index (χ2v) is 7.00. The predicted molar refractivity (Wildman–Crippen MR) is 73.4 cm³/mol. The summed E-state index contributed by atoms with van der Waals surface area (Å²) in [6.45, 7) is 4.45. The van der Waals surface area contributed by atoms with Crippen LogP contribution in [0, 0.1) is 12.8 Å². The maximum Gasteiger partial charge on any atom is 0.257 e. The van der Waals surface area contributed by atoms with Crippen molar-refractivity contribution in [2.75, 3.05) is 26.7 Å². The Hall–Kier alpha value is -0.920. The van der Waals surface area contributed by atoms with Crippen LogP contribution >= 0.6 is 0 Å². The number of piperidine rings is 1. The number of aryl methyl sites for hydroxylation is 1. The number of aromatic amines is 1. The molecule has 0 unspecified atom stereocenters. The van der Waals surface area contributed by atoms with Crippen molar-refractivity contribution in [1.82, 2.24) is 19.6 Å². The summed E-state index contributed by atoms with van der Waals surface area (Å²) in [5, 5.41) is 0.147. The van der Waals surface area contributed by atoms with Gasteiger partial charge in [-0.3, -0.25) is 0 Å². The molecule has 0 atom stereocenters. The molecule has 108 valence electrons. The Bertz CT molecular complexity index is 504. The molecule has 0 amide bonds. The second kappa shape index (κ2) is 6.02. The largest absolute Gasteiger partial charge is 0.332 e. The minimum absolute atomic E-state index is 0.147. The van der Waals surface area contributed by atoms with Crippen molar-refractivity contribution >= 4 is 10.0 Å². The van der Waals surface area contributed by atoms with Crippen molar-refractivity contribution in [3.63, 3.8) is 0 Å². The Balaban J connectivity index is 1.79. The lowest BCUT2D eigenvalue weighted by Gasteiger charge is -2.28. The molecule has 6 nitrogen and oxygen atoms in total. The van der Waals surface area contributed by atoms with E-state index < -0.39 is 10.0 Å². The molecule has 1 fully saturated rings. The van der Waals surface area contributed by atoms with E-state index in [-0.39, 0.29) is 5.03 Å². The average molecular weight is 286 g/mol. The summed E-state index contributed by atoms with van der Waals surface area (Å²) in [7, 11) is -1.31. The molecule has 0 bridgehead atoms. The third kappa shape index (κ3) is 4.02. The van der Waals surface area contributed by atoms with Crippen molar-refractivity contribution in [3.05, 3.63) is 12.0 Å². The fourth-order valence-corrected chi connectivity index (χ4v) is 3.38. The van der Waals surface area contributed by atoms with Crippen LogP contribution in [-0.4, -0.2) is 50.0 Å². The molecule has 2 heterocycles. The van der Waals surface area contributed by atoms with E-state index in [2.05, 4.69) is 26.6 Å². The van der Waals surface area contributed by atoms with Gasteiger partial charge >= 0.3 is 0 Å². The molecule has 0 spiro atoms. The minimum Gasteiger partial charge on any atom is -0.332 e. The summed E-state index contributed by atoms with van der Waals surface area (Å²) in [5.74, 6) is 1.23. The van der Waals surface area contributed by atoms with Gasteiger partial charge in [0, 0.05) is 6.54 Å². The highest BCUT2D eigenvalue weighted by Gasteiger charge is 2.19. The molecule has 7 heteroatoms. The zero-order chi connectivity index (χ0) is 13.9. The number of likely N-dealkylation sites (tertiary alicyclic amines) is 1. The van der Waals surface area contributed by atoms with Gasteiger partial charge in [-0.2, -0.15) is 0 Å². The fourth-order valence-electron chi connectivity index (χ4n) is 2.36. The third-order valence-electron chi connectivity index (χ3n) is 3.65. The number of hydrogen-bond acceptors (Lipinski definition) is 4. The summed E-state index contributed by atoms with van der Waals surface area (Å²) in [4.78, 5) is 8.96. The number of H-pyrrole nitrogens is 1. The number of nitrogens with one attached hydrogen (secondary N) is 2. The van der Waals surface area contributed by atoms with E-state index in [1.54, 1.807) is 6.92 Å². The molecule has 0 radical (unpaired) electrons. The van der Waals surface area contributed by atoms with Gasteiger partial charge in [0.2, 0.25) is 0 Å². The molecule has 19 heavy (non-hydrogen) atoms. The normalized spacial score (nSPS) is 18.8. The smallest absolute Gasteiger partial charge is 0.257 e. The number of hydrogen-bond donors (Lipinski definition) is 2. The van der Waals surface area contributed by atoms with E-state index in [4.69, 9.17) is 0 Å². The maximum absolute atomic E-state index is 11.9. The summed E-state index contributed by atoms with van der Waals surface area (Å²) in [5.41, 5.74) is 0. The first-order chi connectivity index (χ1) is 8.97. The van der Waals surface area contributed by atoms with E-state index in [0.717, 1.165) is 32.4 Å². The molecular formula is C12H22N4O2S. The molecule has 2 rings (SSSR count). The van der Waals surface area contributed by atoms with Gasteiger partial charge in [0.15, 0.2) is 5.03 Å². The van der Waals surface area contributed by atoms with Crippen molar-refractivity contribution < 1.29 is 8.42 Å². The van der Waals surface area contributed by atoms with Crippen molar-refractivity contribution in [3.8, 4) is 0 Å². The van der Waals surface area contributed by atoms with Crippen LogP contribution in [0.25, 0.3) is 0 Å². The Kier molecular flexibility index (Phi) is 4.59. The second-order valence-electron chi connectivity index (χ2n) is 5.27. The predicted octanol–water partition coefficient (Wildman–Crippen LogP) is 0.728. The first-order valence-electron chi connectivity index (χ1n) is 6.67. The first-order valence-corrected chi connectivity index (χ1v) is 8.15. The Morgan fingerprint density at radius 2 is 2.16 bits per heavy atom. The minimum atomic E-state index is -3.43. The van der Waals surface area contributed by atoms with Gasteiger partial charge in [-0.05, 0) is 52.2 Å². The van der Waals surface area contributed by atoms with Crippen molar-refractivity contribution in [2.24, 2.45) is 5.92 Å². The lowest BCUT2D eigenvalue weighted by atomic mass is 9.94. The van der Waals surface area contributed by atoms with Gasteiger partial charge in [-0.1, -0.05) is 0 Å². The van der Waals surface area contributed by atoms with E-state index in [1.807, 2.05) is 0 Å². The number of aromatic nitrogens is 2. The van der Waals surface area contributed by atoms with Gasteiger partial charge in [0.1, 0.15) is 5.82 Å². The Morgan fingerprint density at radius 1 is 1.47 bits per heavy atom. The molecule has 0 aliphatic carbocycles. The van der Waals surface area contributed by atoms with Crippen LogP contribution in [0.4, 0.5) is 0 Å². The molecule has 1 saturated heterocycles. The lowest BCUT2D eigenvalue weighted by molar-refractivity contribution is 0.213. The maximum atomic E-state index is 11.9. The average Bonchev–Trinajstić information content (AvgIpc) is 2.79. The molecule has 1 aliphatic rings. The highest BCUT2D eigenvalue weighted by atomic mass is 32.2. The lowest BCUT2D eigenvalue weighted by Crippen LogP contribution is -2.32. The Labute approximate surface area is 114 Å². The zero-order valence-electron chi connectivity index (χ0n) is 11.5. The van der Waals surface area contributed by atoms with Crippen LogP contribution in [0.3, 0.4) is 0 Å². The van der Waals surface area contributed by atoms with Crippen molar-refractivity contribution in [2.45, 2.75) is 31.2 Å². The standard InChI is InChI=1S/C12H22N4O2S/c1-10-13-9-12(15-10)19(17,18)14-6-3-11-4-7-16(2)8-5-11/h9,11,14H,3-8H2,1-2H3,(H,13,15). The number of nitrogens with zero attached hydrogens (tertiary/aromatic N) is 2. The van der Waals surface area contributed by atoms with Gasteiger partial charge in [0.05, 0.1) is 6.20 Å². The van der Waals surface area contributed by atoms with E-state index in [1.165, 1.54) is 6.20 Å². The summed E-state index contributed by atoms with van der Waals surface area (Å²) in [6.07, 6.45) is 4.57. The van der Waals surface area contributed by atoms with Gasteiger partial charge in [-0.25, -0.2) is 18.1 Å². The van der Waals surface area contributed by atoms with Crippen molar-refractivity contribution in [1.29, 1.82) is 0 Å². The molecule has 1 aromatic heterocycles. The quantitative estimate of drug-likeness (QED) is 0.836. The Morgan fingerprint density at radius 3 is 2.74 bits per heavy atom. The third-order valence-corrected chi connectivity index (χ3v) is 5.02. The molecule has 2 N–H and O–H groups in total. The molecule has 0 saturated carbocycles. The monoisotopic (exact) mass is 286 g/mol. The fraction of sp³-hybridized carbons (Fsp3) is 0.750. The zero-order valence-corrected chi connectivity index (χ0v) is 12.3. The molecule has 0 aromatic carbocycles. The topological polar surface area (TPSA) is 78.1 Å². The van der Waals surface area contributed by atoms with E-state index in [0.29, 0.717) is 18.3 Å². The molecule has 1 aliphatic heterocycles. The summed E-state index contributed by atoms with van der Waals surface area (Å²) < 4.78 is 26.5. The SMILES string of the molecule is Cc1ncc(S(=O)(=O)NCCC2CCN(C)CC2)[nH]1. The van der Waals surface area contributed by atoms with Gasteiger partial charge in [-0.15, -0.1) is 0 Å². The summed E-state index contributed by atoms with van der Waals surface area (Å²) >= 11 is 0. The van der Waals surface area contributed by atoms with Gasteiger partial charge in [0.25, 0.3) is 10.0 Å². The molecular weight excluding hydrogens is 264 g/mol. The van der Waals surface area contributed by atoms with E-state index >= 15 is 0 Å². The molecule has 1 aromatic rings. The van der Waals surface area contributed by atoms with Crippen LogP contribution < -0.4 is 4.72 Å².